The van der Waals surface area contributed by atoms with Crippen molar-refractivity contribution in [2.45, 2.75) is 173 Å². The first-order valence-electron chi connectivity index (χ1n) is 20.2. The van der Waals surface area contributed by atoms with Crippen LogP contribution in [0.15, 0.2) is 0 Å². The van der Waals surface area contributed by atoms with Crippen LogP contribution in [0.25, 0.3) is 0 Å². The maximum absolute atomic E-state index is 11.6. The Balaban J connectivity index is 1.39. The van der Waals surface area contributed by atoms with Crippen molar-refractivity contribution in [3.63, 3.8) is 0 Å². The van der Waals surface area contributed by atoms with Crippen LogP contribution in [0.3, 0.4) is 0 Å². The van der Waals surface area contributed by atoms with Gasteiger partial charge in [0.2, 0.25) is 0 Å². The number of aliphatic hydroxyl groups is 16. The molecule has 16 N–H and O–H groups in total. The van der Waals surface area contributed by atoms with Crippen molar-refractivity contribution in [3.8, 4) is 0 Å². The summed E-state index contributed by atoms with van der Waals surface area (Å²) in [5.41, 5.74) is 0. The summed E-state index contributed by atoms with van der Waals surface area (Å²) >= 11 is 4.15. The number of aliphatic hydroxyl groups excluding tert-OH is 16. The van der Waals surface area contributed by atoms with Crippen LogP contribution in [0, 0.1) is 0 Å². The summed E-state index contributed by atoms with van der Waals surface area (Å²) in [6, 6.07) is 0. The molecule has 5 aliphatic heterocycles. The van der Waals surface area contributed by atoms with Gasteiger partial charge in [0.25, 0.3) is 0 Å². The minimum absolute atomic E-state index is 0.0977. The summed E-state index contributed by atoms with van der Waals surface area (Å²) in [7, 11) is 0. The smallest absolute Gasteiger partial charge is 0.187 e. The zero-order valence-corrected chi connectivity index (χ0v) is 34.1. The van der Waals surface area contributed by atoms with Gasteiger partial charge in [0.1, 0.15) is 122 Å². The number of hydrogen-bond donors (Lipinski definition) is 17. The Morgan fingerprint density at radius 3 is 1.11 bits per heavy atom. The van der Waals surface area contributed by atoms with Crippen LogP contribution >= 0.6 is 12.6 Å². The number of unbranched alkanes of at least 4 members (excludes halogenated alkanes) is 2. The Hall–Kier alpha value is -0.690. The standard InChI is InChI=1S/C35H62O26S/c36-6-11-16(41)21(46)24(49)32(54-11)60-29-22(47)17(42)13(8-38)57-35(29)61-30-23(48)18(43)12(7-37)56-34(30)59-28-20(45)15(10-40)55-33(26(28)51)58-27-19(44)14(9-39)53-31(25(27)50)52-4-2-1-3-5-62/h11-51,62H,1-10H2/t11?,12?,13?,14?,15?,16-,17-,18-,19-,20-,21+,22+,23+,24?,25?,26?,27+,28+,29?,30?,31+,32-,33-,34-,35-/m1/s1. The highest BCUT2D eigenvalue weighted by Gasteiger charge is 2.57. The van der Waals surface area contributed by atoms with Gasteiger partial charge in [-0.05, 0) is 18.6 Å². The molecule has 27 heteroatoms. The summed E-state index contributed by atoms with van der Waals surface area (Å²) in [6.07, 6.45) is -44.5. The first-order valence-corrected chi connectivity index (χ1v) is 20.8. The lowest BCUT2D eigenvalue weighted by Gasteiger charge is -2.50. The van der Waals surface area contributed by atoms with Crippen molar-refractivity contribution in [3.05, 3.63) is 0 Å². The summed E-state index contributed by atoms with van der Waals surface area (Å²) < 4.78 is 56.8. The van der Waals surface area contributed by atoms with Gasteiger partial charge in [-0.1, -0.05) is 6.42 Å². The lowest BCUT2D eigenvalue weighted by Crippen LogP contribution is -2.68. The molecule has 0 saturated carbocycles. The van der Waals surface area contributed by atoms with Gasteiger partial charge in [0.05, 0.1) is 33.0 Å². The Labute approximate surface area is 359 Å². The van der Waals surface area contributed by atoms with Crippen molar-refractivity contribution < 1.29 is 129 Å². The average Bonchev–Trinajstić information content (AvgIpc) is 3.26. The van der Waals surface area contributed by atoms with Gasteiger partial charge in [0.15, 0.2) is 31.5 Å². The number of hydrogen-bond acceptors (Lipinski definition) is 27. The first-order chi connectivity index (χ1) is 29.6. The van der Waals surface area contributed by atoms with Gasteiger partial charge in [-0.25, -0.2) is 0 Å². The van der Waals surface area contributed by atoms with E-state index in [9.17, 15) is 81.7 Å². The summed E-state index contributed by atoms with van der Waals surface area (Å²) in [5, 5.41) is 170. The van der Waals surface area contributed by atoms with Crippen molar-refractivity contribution in [1.29, 1.82) is 0 Å². The number of ether oxygens (including phenoxy) is 10. The largest absolute Gasteiger partial charge is 0.394 e. The Morgan fingerprint density at radius 2 is 0.661 bits per heavy atom. The zero-order chi connectivity index (χ0) is 45.6. The first kappa shape index (κ1) is 52.3. The van der Waals surface area contributed by atoms with E-state index in [0.29, 0.717) is 12.2 Å². The van der Waals surface area contributed by atoms with Gasteiger partial charge in [-0.3, -0.25) is 0 Å². The molecule has 0 aliphatic carbocycles. The normalized spacial score (nSPS) is 49.2. The van der Waals surface area contributed by atoms with Crippen LogP contribution in [0.4, 0.5) is 0 Å². The lowest BCUT2D eigenvalue weighted by molar-refractivity contribution is -0.407. The van der Waals surface area contributed by atoms with E-state index in [1.165, 1.54) is 0 Å². The third-order valence-corrected chi connectivity index (χ3v) is 11.7. The minimum Gasteiger partial charge on any atom is -0.394 e. The van der Waals surface area contributed by atoms with Crippen LogP contribution < -0.4 is 0 Å². The highest BCUT2D eigenvalue weighted by atomic mass is 32.1. The molecule has 25 atom stereocenters. The molecule has 26 nitrogen and oxygen atoms in total. The second-order valence-electron chi connectivity index (χ2n) is 15.6. The van der Waals surface area contributed by atoms with Gasteiger partial charge >= 0.3 is 0 Å². The van der Waals surface area contributed by atoms with E-state index in [0.717, 1.165) is 12.8 Å². The highest BCUT2D eigenvalue weighted by molar-refractivity contribution is 7.80. The lowest BCUT2D eigenvalue weighted by atomic mass is 9.95. The fraction of sp³-hybridized carbons (Fsp3) is 1.00. The Bertz CT molecular complexity index is 1310. The van der Waals surface area contributed by atoms with Crippen LogP contribution in [-0.4, -0.2) is 281 Å². The minimum atomic E-state index is -2.13. The number of thiol groups is 1. The second-order valence-corrected chi connectivity index (χ2v) is 16.0. The topological polar surface area (TPSA) is 416 Å². The zero-order valence-electron chi connectivity index (χ0n) is 33.2. The fourth-order valence-corrected chi connectivity index (χ4v) is 7.91. The van der Waals surface area contributed by atoms with Crippen molar-refractivity contribution in [2.75, 3.05) is 45.4 Å². The van der Waals surface area contributed by atoms with E-state index in [-0.39, 0.29) is 6.61 Å². The molecule has 0 spiro atoms. The van der Waals surface area contributed by atoms with E-state index in [2.05, 4.69) is 12.6 Å². The third kappa shape index (κ3) is 11.5. The van der Waals surface area contributed by atoms with E-state index < -0.39 is 187 Å². The van der Waals surface area contributed by atoms with Crippen LogP contribution in [0.1, 0.15) is 19.3 Å². The SMILES string of the molecule is OCC1O[C@H](OC2[C@@H](OC3[C@@H](O[C@@H]4C(O)[C@@H](O[C@@H]5C(O)[C@@H](OCCCCCS)OC(CO)[C@H]5O)OC(CO)[C@H]4O)OC(CO)[C@@H](O)[C@@H]3O)OC(CO)[C@@H](O)[C@@H]2O)C(O)[C@@H](O)[C@@H]1O. The maximum atomic E-state index is 11.6. The van der Waals surface area contributed by atoms with Crippen molar-refractivity contribution >= 4 is 12.6 Å². The van der Waals surface area contributed by atoms with Crippen molar-refractivity contribution in [1.82, 2.24) is 0 Å². The molecule has 62 heavy (non-hydrogen) atoms. The monoisotopic (exact) mass is 930 g/mol. The van der Waals surface area contributed by atoms with Crippen LogP contribution in [0.2, 0.25) is 0 Å². The summed E-state index contributed by atoms with van der Waals surface area (Å²) in [4.78, 5) is 0. The Morgan fingerprint density at radius 1 is 0.323 bits per heavy atom. The second kappa shape index (κ2) is 23.9. The predicted octanol–water partition coefficient (Wildman–Crippen LogP) is -9.80. The molecule has 0 radical (unpaired) electrons. The Kier molecular flexibility index (Phi) is 20.1. The molecule has 0 aromatic carbocycles. The van der Waals surface area contributed by atoms with Crippen LogP contribution in [0.5, 0.6) is 0 Å². The number of rotatable bonds is 19. The highest BCUT2D eigenvalue weighted by Crippen LogP contribution is 2.36. The van der Waals surface area contributed by atoms with E-state index in [1.807, 2.05) is 0 Å². The van der Waals surface area contributed by atoms with Gasteiger partial charge < -0.3 is 129 Å². The van der Waals surface area contributed by atoms with Crippen molar-refractivity contribution in [2.24, 2.45) is 0 Å². The molecule has 364 valence electrons. The van der Waals surface area contributed by atoms with E-state index in [1.54, 1.807) is 0 Å². The molecular formula is C35H62O26S. The molecule has 5 heterocycles. The molecular weight excluding hydrogens is 868 g/mol. The van der Waals surface area contributed by atoms with E-state index >= 15 is 0 Å². The molecule has 5 saturated heterocycles. The molecule has 0 amide bonds. The van der Waals surface area contributed by atoms with Gasteiger partial charge in [-0.2, -0.15) is 12.6 Å². The van der Waals surface area contributed by atoms with Crippen LogP contribution in [-0.2, 0) is 47.4 Å². The maximum Gasteiger partial charge on any atom is 0.187 e. The summed E-state index contributed by atoms with van der Waals surface area (Å²) in [6.45, 7) is -4.41. The van der Waals surface area contributed by atoms with Gasteiger partial charge in [0, 0.05) is 6.61 Å². The molecule has 5 fully saturated rings. The molecule has 0 bridgehead atoms. The molecule has 0 aromatic heterocycles. The quantitative estimate of drug-likeness (QED) is 0.0422. The third-order valence-electron chi connectivity index (χ3n) is 11.4. The molecule has 5 rings (SSSR count). The predicted molar refractivity (Wildman–Crippen MR) is 198 cm³/mol. The average molecular weight is 931 g/mol. The summed E-state index contributed by atoms with van der Waals surface area (Å²) in [5.74, 6) is 0.638. The molecule has 10 unspecified atom stereocenters. The molecule has 0 aromatic rings. The molecule has 5 aliphatic rings. The van der Waals surface area contributed by atoms with Gasteiger partial charge in [-0.15, -0.1) is 0 Å². The van der Waals surface area contributed by atoms with E-state index in [4.69, 9.17) is 47.4 Å². The fourth-order valence-electron chi connectivity index (χ4n) is 7.69.